The third-order valence-corrected chi connectivity index (χ3v) is 3.26. The maximum absolute atomic E-state index is 12.3. The van der Waals surface area contributed by atoms with Gasteiger partial charge in [-0.15, -0.1) is 0 Å². The van der Waals surface area contributed by atoms with E-state index in [0.29, 0.717) is 17.9 Å². The van der Waals surface area contributed by atoms with Gasteiger partial charge >= 0.3 is 0 Å². The largest absolute Gasteiger partial charge is 0.493 e. The van der Waals surface area contributed by atoms with Crippen LogP contribution in [0.5, 0.6) is 5.75 Å². The first-order valence-electron chi connectivity index (χ1n) is 6.63. The molecule has 106 valence electrons. The summed E-state index contributed by atoms with van der Waals surface area (Å²) >= 11 is 0. The zero-order valence-electron chi connectivity index (χ0n) is 11.6. The molecule has 1 aliphatic rings. The molecule has 2 amide bonds. The minimum atomic E-state index is -0.336. The minimum Gasteiger partial charge on any atom is -0.493 e. The first-order chi connectivity index (χ1) is 9.54. The number of likely N-dealkylation sites (tertiary alicyclic amines) is 1. The Kier molecular flexibility index (Phi) is 4.17. The van der Waals surface area contributed by atoms with E-state index in [9.17, 15) is 14.4 Å². The lowest BCUT2D eigenvalue weighted by Crippen LogP contribution is -2.35. The lowest BCUT2D eigenvalue weighted by atomic mass is 10.1. The Bertz CT molecular complexity index is 553. The van der Waals surface area contributed by atoms with Crippen LogP contribution in [-0.2, 0) is 9.59 Å². The Morgan fingerprint density at radius 3 is 2.65 bits per heavy atom. The molecule has 2 rings (SSSR count). The number of carbonyl (C=O) groups excluding carboxylic acids is 3. The van der Waals surface area contributed by atoms with Crippen LogP contribution in [0.3, 0.4) is 0 Å². The summed E-state index contributed by atoms with van der Waals surface area (Å²) in [6.07, 6.45) is 0.180. The van der Waals surface area contributed by atoms with E-state index in [-0.39, 0.29) is 36.5 Å². The van der Waals surface area contributed by atoms with Crippen molar-refractivity contribution in [2.24, 2.45) is 5.92 Å². The summed E-state index contributed by atoms with van der Waals surface area (Å²) in [5.74, 6) is -0.712. The number of rotatable bonds is 5. The van der Waals surface area contributed by atoms with Gasteiger partial charge in [-0.1, -0.05) is 19.1 Å². The predicted molar refractivity (Wildman–Crippen MR) is 72.4 cm³/mol. The standard InChI is InChI=1S/C15H17NO4/c1-3-20-13-7-5-4-6-11(13)12(17)9-16-14(18)8-10(2)15(16)19/h4-7,10H,3,8-9H2,1-2H3. The van der Waals surface area contributed by atoms with Crippen molar-refractivity contribution >= 4 is 17.6 Å². The Morgan fingerprint density at radius 2 is 2.05 bits per heavy atom. The van der Waals surface area contributed by atoms with Crippen molar-refractivity contribution < 1.29 is 19.1 Å². The molecular formula is C15H17NO4. The van der Waals surface area contributed by atoms with E-state index < -0.39 is 0 Å². The number of nitrogens with zero attached hydrogens (tertiary/aromatic N) is 1. The maximum atomic E-state index is 12.3. The average molecular weight is 275 g/mol. The van der Waals surface area contributed by atoms with Crippen LogP contribution in [0, 0.1) is 5.92 Å². The van der Waals surface area contributed by atoms with Crippen LogP contribution >= 0.6 is 0 Å². The summed E-state index contributed by atoms with van der Waals surface area (Å²) in [5, 5.41) is 0. The normalized spacial score (nSPS) is 18.5. The van der Waals surface area contributed by atoms with Crippen LogP contribution in [-0.4, -0.2) is 35.6 Å². The third-order valence-electron chi connectivity index (χ3n) is 3.26. The van der Waals surface area contributed by atoms with Gasteiger partial charge in [-0.3, -0.25) is 19.3 Å². The van der Waals surface area contributed by atoms with Crippen LogP contribution in [0.2, 0.25) is 0 Å². The summed E-state index contributed by atoms with van der Waals surface area (Å²) < 4.78 is 5.39. The molecule has 0 radical (unpaired) electrons. The highest BCUT2D eigenvalue weighted by molar-refractivity contribution is 6.09. The molecule has 1 fully saturated rings. The van der Waals surface area contributed by atoms with Crippen molar-refractivity contribution in [3.8, 4) is 5.75 Å². The van der Waals surface area contributed by atoms with E-state index in [2.05, 4.69) is 0 Å². The molecule has 1 unspecified atom stereocenters. The van der Waals surface area contributed by atoms with Gasteiger partial charge in [0, 0.05) is 12.3 Å². The van der Waals surface area contributed by atoms with Gasteiger partial charge < -0.3 is 4.74 Å². The Balaban J connectivity index is 2.17. The predicted octanol–water partition coefficient (Wildman–Crippen LogP) is 1.66. The van der Waals surface area contributed by atoms with Gasteiger partial charge in [-0.25, -0.2) is 0 Å². The number of para-hydroxylation sites is 1. The number of carbonyl (C=O) groups is 3. The lowest BCUT2D eigenvalue weighted by molar-refractivity contribution is -0.138. The highest BCUT2D eigenvalue weighted by Gasteiger charge is 2.36. The molecule has 5 heteroatoms. The second-order valence-corrected chi connectivity index (χ2v) is 4.78. The molecule has 20 heavy (non-hydrogen) atoms. The second-order valence-electron chi connectivity index (χ2n) is 4.78. The molecule has 0 aliphatic carbocycles. The summed E-state index contributed by atoms with van der Waals surface area (Å²) in [5.41, 5.74) is 0.398. The molecule has 0 aromatic heterocycles. The molecule has 1 aliphatic heterocycles. The number of ether oxygens (including phenoxy) is 1. The van der Waals surface area contributed by atoms with Crippen LogP contribution in [0.1, 0.15) is 30.6 Å². The van der Waals surface area contributed by atoms with Crippen LogP contribution in [0.4, 0.5) is 0 Å². The fourth-order valence-corrected chi connectivity index (χ4v) is 2.22. The van der Waals surface area contributed by atoms with Gasteiger partial charge in [0.05, 0.1) is 18.7 Å². The first-order valence-corrected chi connectivity index (χ1v) is 6.63. The number of hydrogen-bond acceptors (Lipinski definition) is 4. The number of Topliss-reactive ketones (excluding diaryl/α,β-unsaturated/α-hetero) is 1. The van der Waals surface area contributed by atoms with Gasteiger partial charge in [-0.05, 0) is 19.1 Å². The fourth-order valence-electron chi connectivity index (χ4n) is 2.22. The molecule has 1 atom stereocenters. The SMILES string of the molecule is CCOc1ccccc1C(=O)CN1C(=O)CC(C)C1=O. The van der Waals surface area contributed by atoms with Crippen molar-refractivity contribution in [2.75, 3.05) is 13.2 Å². The molecular weight excluding hydrogens is 258 g/mol. The van der Waals surface area contributed by atoms with Crippen molar-refractivity contribution in [1.29, 1.82) is 0 Å². The fraction of sp³-hybridized carbons (Fsp3) is 0.400. The molecule has 0 N–H and O–H groups in total. The highest BCUT2D eigenvalue weighted by atomic mass is 16.5. The number of hydrogen-bond donors (Lipinski definition) is 0. The van der Waals surface area contributed by atoms with E-state index in [0.717, 1.165) is 4.90 Å². The summed E-state index contributed by atoms with van der Waals surface area (Å²) in [4.78, 5) is 36.8. The molecule has 1 heterocycles. The quantitative estimate of drug-likeness (QED) is 0.605. The van der Waals surface area contributed by atoms with Crippen LogP contribution in [0.15, 0.2) is 24.3 Å². The maximum Gasteiger partial charge on any atom is 0.232 e. The zero-order valence-corrected chi connectivity index (χ0v) is 11.6. The summed E-state index contributed by atoms with van der Waals surface area (Å²) in [6, 6.07) is 6.84. The Labute approximate surface area is 117 Å². The lowest BCUT2D eigenvalue weighted by Gasteiger charge is -2.15. The average Bonchev–Trinajstić information content (AvgIpc) is 2.66. The van der Waals surface area contributed by atoms with E-state index in [1.165, 1.54) is 0 Å². The topological polar surface area (TPSA) is 63.7 Å². The van der Waals surface area contributed by atoms with Gasteiger partial charge in [0.15, 0.2) is 5.78 Å². The molecule has 1 saturated heterocycles. The van der Waals surface area contributed by atoms with E-state index in [4.69, 9.17) is 4.74 Å². The minimum absolute atomic E-state index is 0.180. The highest BCUT2D eigenvalue weighted by Crippen LogP contribution is 2.22. The molecule has 5 nitrogen and oxygen atoms in total. The van der Waals surface area contributed by atoms with Gasteiger partial charge in [0.2, 0.25) is 11.8 Å². The second kappa shape index (κ2) is 5.86. The molecule has 1 aromatic rings. The van der Waals surface area contributed by atoms with E-state index in [1.54, 1.807) is 31.2 Å². The number of benzene rings is 1. The van der Waals surface area contributed by atoms with Crippen molar-refractivity contribution in [3.05, 3.63) is 29.8 Å². The summed E-state index contributed by atoms with van der Waals surface area (Å²) in [6.45, 7) is 3.75. The summed E-state index contributed by atoms with van der Waals surface area (Å²) in [7, 11) is 0. The number of imide groups is 1. The molecule has 1 aromatic carbocycles. The van der Waals surface area contributed by atoms with E-state index in [1.807, 2.05) is 6.92 Å². The van der Waals surface area contributed by atoms with Crippen LogP contribution < -0.4 is 4.74 Å². The Hall–Kier alpha value is -2.17. The monoisotopic (exact) mass is 275 g/mol. The van der Waals surface area contributed by atoms with Crippen molar-refractivity contribution in [2.45, 2.75) is 20.3 Å². The Morgan fingerprint density at radius 1 is 1.35 bits per heavy atom. The van der Waals surface area contributed by atoms with Gasteiger partial charge in [0.1, 0.15) is 5.75 Å². The molecule has 0 saturated carbocycles. The van der Waals surface area contributed by atoms with E-state index >= 15 is 0 Å². The van der Waals surface area contributed by atoms with Crippen LogP contribution in [0.25, 0.3) is 0 Å². The van der Waals surface area contributed by atoms with Gasteiger partial charge in [-0.2, -0.15) is 0 Å². The van der Waals surface area contributed by atoms with Crippen molar-refractivity contribution in [1.82, 2.24) is 4.90 Å². The number of amides is 2. The smallest absolute Gasteiger partial charge is 0.232 e. The molecule has 0 spiro atoms. The molecule has 0 bridgehead atoms. The number of ketones is 1. The van der Waals surface area contributed by atoms with Gasteiger partial charge in [0.25, 0.3) is 0 Å². The third kappa shape index (κ3) is 2.71. The van der Waals surface area contributed by atoms with Crippen molar-refractivity contribution in [3.63, 3.8) is 0 Å². The first kappa shape index (κ1) is 14.2. The zero-order chi connectivity index (χ0) is 14.7.